The Kier molecular flexibility index (Phi) is 4.80. The molecule has 2 rings (SSSR count). The fourth-order valence-electron chi connectivity index (χ4n) is 1.52. The van der Waals surface area contributed by atoms with Crippen LogP contribution < -0.4 is 4.72 Å². The van der Waals surface area contributed by atoms with Crippen molar-refractivity contribution in [2.45, 2.75) is 17.7 Å². The zero-order valence-electron chi connectivity index (χ0n) is 10.2. The molecular weight excluding hydrogens is 391 g/mol. The summed E-state index contributed by atoms with van der Waals surface area (Å²) in [6.45, 7) is 1.53. The van der Waals surface area contributed by atoms with Crippen LogP contribution >= 0.6 is 38.9 Å². The van der Waals surface area contributed by atoms with Gasteiger partial charge in [0.1, 0.15) is 5.82 Å². The van der Waals surface area contributed by atoms with Gasteiger partial charge in [-0.05, 0) is 30.7 Å². The largest absolute Gasteiger partial charge is 0.252 e. The second-order valence-electron chi connectivity index (χ2n) is 3.90. The molecule has 0 amide bonds. The van der Waals surface area contributed by atoms with E-state index in [9.17, 15) is 12.8 Å². The first-order chi connectivity index (χ1) is 9.29. The van der Waals surface area contributed by atoms with Gasteiger partial charge in [-0.2, -0.15) is 0 Å². The highest BCUT2D eigenvalue weighted by molar-refractivity contribution is 9.10. The Hall–Kier alpha value is -0.540. The third-order valence-corrected chi connectivity index (χ3v) is 6.48. The number of benzene rings is 1. The Morgan fingerprint density at radius 2 is 2.20 bits per heavy atom. The number of hydrogen-bond donors (Lipinski definition) is 1. The fourth-order valence-corrected chi connectivity index (χ4v) is 4.69. The molecule has 0 radical (unpaired) electrons. The summed E-state index contributed by atoms with van der Waals surface area (Å²) in [6, 6.07) is 4.07. The van der Waals surface area contributed by atoms with Crippen molar-refractivity contribution in [3.63, 3.8) is 0 Å². The normalized spacial score (nSPS) is 11.8. The number of aromatic nitrogens is 1. The van der Waals surface area contributed by atoms with Crippen LogP contribution in [0.5, 0.6) is 0 Å². The molecule has 1 heterocycles. The minimum Gasteiger partial charge on any atom is -0.229 e. The van der Waals surface area contributed by atoms with Gasteiger partial charge in [-0.1, -0.05) is 38.9 Å². The molecule has 0 spiro atoms. The van der Waals surface area contributed by atoms with Gasteiger partial charge in [0.05, 0.1) is 5.69 Å². The lowest BCUT2D eigenvalue weighted by molar-refractivity contribution is 0.581. The molecule has 0 aliphatic carbocycles. The lowest BCUT2D eigenvalue weighted by Gasteiger charge is -2.07. The average molecular weight is 400 g/mol. The number of halogens is 3. The van der Waals surface area contributed by atoms with E-state index in [1.807, 2.05) is 0 Å². The van der Waals surface area contributed by atoms with Crippen molar-refractivity contribution in [1.82, 2.24) is 9.71 Å². The molecule has 1 N–H and O–H groups in total. The molecule has 1 aromatic heterocycles. The van der Waals surface area contributed by atoms with Crippen LogP contribution in [-0.4, -0.2) is 13.4 Å². The number of nitrogens with one attached hydrogen (secondary N) is 1. The maximum Gasteiger partial charge on any atom is 0.252 e. The van der Waals surface area contributed by atoms with E-state index in [0.717, 1.165) is 11.3 Å². The highest BCUT2D eigenvalue weighted by Crippen LogP contribution is 2.27. The SMILES string of the molecule is Cc1nc(Cl)sc1S(=O)(=O)NCc1cc(F)ccc1Br. The smallest absolute Gasteiger partial charge is 0.229 e. The first-order valence-electron chi connectivity index (χ1n) is 5.36. The van der Waals surface area contributed by atoms with Gasteiger partial charge in [0.25, 0.3) is 10.0 Å². The van der Waals surface area contributed by atoms with Crippen molar-refractivity contribution >= 4 is 48.9 Å². The van der Waals surface area contributed by atoms with Crippen molar-refractivity contribution in [3.8, 4) is 0 Å². The summed E-state index contributed by atoms with van der Waals surface area (Å²) in [5, 5.41) is 0. The molecule has 2 aromatic rings. The van der Waals surface area contributed by atoms with E-state index >= 15 is 0 Å². The molecule has 0 unspecified atom stereocenters. The predicted octanol–water partition coefficient (Wildman–Crippen LogP) is 3.49. The molecule has 0 atom stereocenters. The molecule has 0 saturated carbocycles. The van der Waals surface area contributed by atoms with Crippen LogP contribution in [0.4, 0.5) is 4.39 Å². The van der Waals surface area contributed by atoms with Gasteiger partial charge in [0.2, 0.25) is 0 Å². The zero-order chi connectivity index (χ0) is 14.9. The van der Waals surface area contributed by atoms with E-state index < -0.39 is 15.8 Å². The van der Waals surface area contributed by atoms with E-state index in [0.29, 0.717) is 15.7 Å². The molecule has 108 valence electrons. The van der Waals surface area contributed by atoms with E-state index in [2.05, 4.69) is 25.6 Å². The number of hydrogen-bond acceptors (Lipinski definition) is 4. The van der Waals surface area contributed by atoms with Gasteiger partial charge >= 0.3 is 0 Å². The summed E-state index contributed by atoms with van der Waals surface area (Å²) in [6.07, 6.45) is 0. The maximum atomic E-state index is 13.1. The van der Waals surface area contributed by atoms with Crippen LogP contribution in [0.2, 0.25) is 4.47 Å². The second-order valence-corrected chi connectivity index (χ2v) is 8.30. The summed E-state index contributed by atoms with van der Waals surface area (Å²) in [5.74, 6) is -0.431. The quantitative estimate of drug-likeness (QED) is 0.856. The van der Waals surface area contributed by atoms with E-state index in [1.54, 1.807) is 6.92 Å². The Bertz CT molecular complexity index is 749. The molecule has 4 nitrogen and oxygen atoms in total. The van der Waals surface area contributed by atoms with Gasteiger partial charge < -0.3 is 0 Å². The predicted molar refractivity (Wildman–Crippen MR) is 80.0 cm³/mol. The number of rotatable bonds is 4. The van der Waals surface area contributed by atoms with Crippen LogP contribution in [0.25, 0.3) is 0 Å². The Balaban J connectivity index is 2.21. The molecule has 0 saturated heterocycles. The molecular formula is C11H9BrClFN2O2S2. The van der Waals surface area contributed by atoms with Gasteiger partial charge in [-0.25, -0.2) is 22.5 Å². The minimum absolute atomic E-state index is 0.0321. The van der Waals surface area contributed by atoms with Gasteiger partial charge in [-0.15, -0.1) is 0 Å². The lowest BCUT2D eigenvalue weighted by Crippen LogP contribution is -2.23. The molecule has 9 heteroatoms. The monoisotopic (exact) mass is 398 g/mol. The summed E-state index contributed by atoms with van der Waals surface area (Å²) < 4.78 is 40.6. The standard InChI is InChI=1S/C11H9BrClFN2O2S2/c1-6-10(19-11(13)16-6)20(17,18)15-5-7-4-8(14)2-3-9(7)12/h2-4,15H,5H2,1H3. The topological polar surface area (TPSA) is 59.1 Å². The van der Waals surface area contributed by atoms with E-state index in [4.69, 9.17) is 11.6 Å². The molecule has 0 bridgehead atoms. The molecule has 0 aliphatic heterocycles. The van der Waals surface area contributed by atoms with Crippen LogP contribution in [0.3, 0.4) is 0 Å². The van der Waals surface area contributed by atoms with Crippen LogP contribution in [0.1, 0.15) is 11.3 Å². The maximum absolute atomic E-state index is 13.1. The van der Waals surface area contributed by atoms with Crippen molar-refractivity contribution in [2.75, 3.05) is 0 Å². The molecule has 0 fully saturated rings. The van der Waals surface area contributed by atoms with E-state index in [1.165, 1.54) is 18.2 Å². The van der Waals surface area contributed by atoms with E-state index in [-0.39, 0.29) is 15.2 Å². The van der Waals surface area contributed by atoms with Gasteiger partial charge in [0.15, 0.2) is 8.68 Å². The summed E-state index contributed by atoms with van der Waals surface area (Å²) in [4.78, 5) is 3.86. The average Bonchev–Trinajstić information content (AvgIpc) is 2.70. The fraction of sp³-hybridized carbons (Fsp3) is 0.182. The second kappa shape index (κ2) is 6.07. The van der Waals surface area contributed by atoms with Crippen molar-refractivity contribution in [2.24, 2.45) is 0 Å². The number of aryl methyl sites for hydroxylation is 1. The van der Waals surface area contributed by atoms with Crippen LogP contribution in [0.15, 0.2) is 26.9 Å². The number of nitrogens with zero attached hydrogens (tertiary/aromatic N) is 1. The first kappa shape index (κ1) is 15.8. The summed E-state index contributed by atoms with van der Waals surface area (Å²) in [5.41, 5.74) is 0.840. The Labute approximate surface area is 133 Å². The highest BCUT2D eigenvalue weighted by atomic mass is 79.9. The van der Waals surface area contributed by atoms with Gasteiger partial charge in [-0.3, -0.25) is 0 Å². The van der Waals surface area contributed by atoms with Crippen LogP contribution in [-0.2, 0) is 16.6 Å². The number of sulfonamides is 1. The van der Waals surface area contributed by atoms with Crippen molar-refractivity contribution in [1.29, 1.82) is 0 Å². The van der Waals surface area contributed by atoms with Crippen molar-refractivity contribution in [3.05, 3.63) is 44.2 Å². The molecule has 20 heavy (non-hydrogen) atoms. The highest BCUT2D eigenvalue weighted by Gasteiger charge is 2.21. The minimum atomic E-state index is -3.72. The van der Waals surface area contributed by atoms with Crippen molar-refractivity contribution < 1.29 is 12.8 Å². The lowest BCUT2D eigenvalue weighted by atomic mass is 10.2. The summed E-state index contributed by atoms with van der Waals surface area (Å²) >= 11 is 9.82. The van der Waals surface area contributed by atoms with Crippen LogP contribution in [0, 0.1) is 12.7 Å². The van der Waals surface area contributed by atoms with Gasteiger partial charge in [0, 0.05) is 11.0 Å². The zero-order valence-corrected chi connectivity index (χ0v) is 14.1. The molecule has 0 aliphatic rings. The first-order valence-corrected chi connectivity index (χ1v) is 8.83. The summed E-state index contributed by atoms with van der Waals surface area (Å²) in [7, 11) is -3.72. The third kappa shape index (κ3) is 3.56. The third-order valence-electron chi connectivity index (χ3n) is 2.43. The number of thiazole rings is 1. The Morgan fingerprint density at radius 3 is 2.80 bits per heavy atom. The Morgan fingerprint density at radius 1 is 1.50 bits per heavy atom. The molecule has 1 aromatic carbocycles.